The fraction of sp³-hybridized carbons (Fsp3) is 0.524. The van der Waals surface area contributed by atoms with E-state index in [1.165, 1.54) is 10.5 Å². The van der Waals surface area contributed by atoms with Crippen LogP contribution in [0.5, 0.6) is 0 Å². The van der Waals surface area contributed by atoms with Gasteiger partial charge in [-0.25, -0.2) is 9.59 Å². The zero-order valence-electron chi connectivity index (χ0n) is 17.2. The molecule has 1 aliphatic heterocycles. The number of esters is 1. The van der Waals surface area contributed by atoms with Crippen molar-refractivity contribution in [2.24, 2.45) is 0 Å². The quantitative estimate of drug-likeness (QED) is 0.745. The number of carbonyl (C=O) groups excluding carboxylic acids is 2. The Kier molecular flexibility index (Phi) is 7.02. The minimum atomic E-state index is -0.519. The van der Waals surface area contributed by atoms with E-state index in [1.54, 1.807) is 14.0 Å². The summed E-state index contributed by atoms with van der Waals surface area (Å²) in [5.41, 5.74) is 3.27. The molecule has 0 saturated carbocycles. The van der Waals surface area contributed by atoms with Gasteiger partial charge < -0.3 is 15.0 Å². The van der Waals surface area contributed by atoms with Gasteiger partial charge in [0.25, 0.3) is 0 Å². The molecule has 0 fully saturated rings. The minimum Gasteiger partial charge on any atom is -0.463 e. The molecular formula is C21H31N3O3. The average molecular weight is 373 g/mol. The Hall–Kier alpha value is -2.34. The Morgan fingerprint density at radius 1 is 1.26 bits per heavy atom. The molecule has 0 spiro atoms. The summed E-state index contributed by atoms with van der Waals surface area (Å²) in [6.07, 6.45) is 0. The second kappa shape index (κ2) is 9.04. The van der Waals surface area contributed by atoms with Gasteiger partial charge in [0, 0.05) is 19.3 Å². The van der Waals surface area contributed by atoms with Gasteiger partial charge in [0.15, 0.2) is 0 Å². The van der Waals surface area contributed by atoms with Crippen LogP contribution in [0.1, 0.15) is 50.8 Å². The SMILES string of the molecule is CCOC(=O)C1=C(CN(C)CC)N(C)C(=O)N[C@@H]1c1ccc(C(C)C)cc1. The highest BCUT2D eigenvalue weighted by Gasteiger charge is 2.36. The van der Waals surface area contributed by atoms with Crippen LogP contribution in [0.2, 0.25) is 0 Å². The molecule has 0 aromatic heterocycles. The summed E-state index contributed by atoms with van der Waals surface area (Å²) < 4.78 is 5.33. The molecular weight excluding hydrogens is 342 g/mol. The molecule has 1 aromatic rings. The van der Waals surface area contributed by atoms with Crippen molar-refractivity contribution in [2.45, 2.75) is 39.7 Å². The number of hydrogen-bond acceptors (Lipinski definition) is 4. The molecule has 27 heavy (non-hydrogen) atoms. The standard InChI is InChI=1S/C21H31N3O3/c1-7-23(5)13-17-18(20(25)27-8-2)19(22-21(26)24(17)6)16-11-9-15(10-12-16)14(3)4/h9-12,14,19H,7-8,13H2,1-6H3,(H,22,26)/t19-/m1/s1. The highest BCUT2D eigenvalue weighted by molar-refractivity contribution is 5.95. The molecule has 0 radical (unpaired) electrons. The molecule has 1 aliphatic rings. The lowest BCUT2D eigenvalue weighted by Crippen LogP contribution is -2.49. The van der Waals surface area contributed by atoms with E-state index in [0.29, 0.717) is 23.7 Å². The van der Waals surface area contributed by atoms with Crippen LogP contribution in [-0.4, -0.2) is 55.6 Å². The monoisotopic (exact) mass is 373 g/mol. The van der Waals surface area contributed by atoms with E-state index in [4.69, 9.17) is 4.74 Å². The predicted octanol–water partition coefficient (Wildman–Crippen LogP) is 3.28. The number of hydrogen-bond donors (Lipinski definition) is 1. The number of likely N-dealkylation sites (N-methyl/N-ethyl adjacent to an activating group) is 2. The van der Waals surface area contributed by atoms with Crippen LogP contribution in [0.3, 0.4) is 0 Å². The van der Waals surface area contributed by atoms with Crippen LogP contribution in [0.15, 0.2) is 35.5 Å². The summed E-state index contributed by atoms with van der Waals surface area (Å²) in [6, 6.07) is 7.31. The van der Waals surface area contributed by atoms with Gasteiger partial charge in [-0.3, -0.25) is 4.90 Å². The first kappa shape index (κ1) is 21.0. The van der Waals surface area contributed by atoms with Crippen LogP contribution in [0.25, 0.3) is 0 Å². The van der Waals surface area contributed by atoms with Gasteiger partial charge in [-0.1, -0.05) is 45.0 Å². The first-order valence-electron chi connectivity index (χ1n) is 9.52. The molecule has 0 bridgehead atoms. The predicted molar refractivity (Wildman–Crippen MR) is 106 cm³/mol. The minimum absolute atomic E-state index is 0.222. The van der Waals surface area contributed by atoms with E-state index in [2.05, 4.69) is 24.1 Å². The van der Waals surface area contributed by atoms with Crippen molar-refractivity contribution in [3.63, 3.8) is 0 Å². The summed E-state index contributed by atoms with van der Waals surface area (Å²) >= 11 is 0. The zero-order chi connectivity index (χ0) is 20.1. The topological polar surface area (TPSA) is 61.9 Å². The molecule has 1 atom stereocenters. The summed E-state index contributed by atoms with van der Waals surface area (Å²) in [5.74, 6) is 0.0294. The van der Waals surface area contributed by atoms with Crippen molar-refractivity contribution in [3.05, 3.63) is 46.7 Å². The van der Waals surface area contributed by atoms with Crippen molar-refractivity contribution < 1.29 is 14.3 Å². The molecule has 0 saturated heterocycles. The Morgan fingerprint density at radius 3 is 2.41 bits per heavy atom. The Morgan fingerprint density at radius 2 is 1.89 bits per heavy atom. The number of carbonyl (C=O) groups is 2. The van der Waals surface area contributed by atoms with E-state index in [9.17, 15) is 9.59 Å². The maximum absolute atomic E-state index is 12.8. The van der Waals surface area contributed by atoms with Crippen molar-refractivity contribution in [2.75, 3.05) is 33.8 Å². The van der Waals surface area contributed by atoms with Crippen LogP contribution in [0, 0.1) is 0 Å². The molecule has 2 amide bonds. The second-order valence-electron chi connectivity index (χ2n) is 7.17. The van der Waals surface area contributed by atoms with Gasteiger partial charge >= 0.3 is 12.0 Å². The molecule has 1 aromatic carbocycles. The maximum Gasteiger partial charge on any atom is 0.338 e. The lowest BCUT2D eigenvalue weighted by atomic mass is 9.92. The van der Waals surface area contributed by atoms with Crippen molar-refractivity contribution in [3.8, 4) is 0 Å². The van der Waals surface area contributed by atoms with Crippen LogP contribution in [-0.2, 0) is 9.53 Å². The number of nitrogens with one attached hydrogen (secondary N) is 1. The Labute approximate surface area is 162 Å². The fourth-order valence-electron chi connectivity index (χ4n) is 3.09. The highest BCUT2D eigenvalue weighted by Crippen LogP contribution is 2.32. The molecule has 1 N–H and O–H groups in total. The molecule has 0 aliphatic carbocycles. The second-order valence-corrected chi connectivity index (χ2v) is 7.17. The van der Waals surface area contributed by atoms with Gasteiger partial charge in [0.2, 0.25) is 0 Å². The van der Waals surface area contributed by atoms with Crippen LogP contribution in [0.4, 0.5) is 4.79 Å². The summed E-state index contributed by atoms with van der Waals surface area (Å²) in [6.45, 7) is 9.68. The highest BCUT2D eigenvalue weighted by atomic mass is 16.5. The number of ether oxygens (including phenoxy) is 1. The van der Waals surface area contributed by atoms with Gasteiger partial charge in [-0.05, 0) is 37.6 Å². The number of rotatable bonds is 7. The Balaban J connectivity index is 2.54. The van der Waals surface area contributed by atoms with Crippen LogP contribution < -0.4 is 5.32 Å². The third-order valence-electron chi connectivity index (χ3n) is 4.97. The summed E-state index contributed by atoms with van der Waals surface area (Å²) in [7, 11) is 3.65. The maximum atomic E-state index is 12.8. The molecule has 148 valence electrons. The normalized spacial score (nSPS) is 17.6. The lowest BCUT2D eigenvalue weighted by Gasteiger charge is -2.36. The molecule has 1 heterocycles. The number of benzene rings is 1. The molecule has 6 heteroatoms. The molecule has 2 rings (SSSR count). The smallest absolute Gasteiger partial charge is 0.338 e. The first-order valence-corrected chi connectivity index (χ1v) is 9.52. The fourth-order valence-corrected chi connectivity index (χ4v) is 3.09. The molecule has 0 unspecified atom stereocenters. The van der Waals surface area contributed by atoms with Crippen molar-refractivity contribution in [1.82, 2.24) is 15.1 Å². The van der Waals surface area contributed by atoms with Crippen molar-refractivity contribution in [1.29, 1.82) is 0 Å². The van der Waals surface area contributed by atoms with E-state index in [0.717, 1.165) is 12.1 Å². The largest absolute Gasteiger partial charge is 0.463 e. The number of amides is 2. The summed E-state index contributed by atoms with van der Waals surface area (Å²) in [5, 5.41) is 2.95. The zero-order valence-corrected chi connectivity index (χ0v) is 17.2. The Bertz CT molecular complexity index is 710. The van der Waals surface area contributed by atoms with Gasteiger partial charge in [-0.15, -0.1) is 0 Å². The lowest BCUT2D eigenvalue weighted by molar-refractivity contribution is -0.139. The van der Waals surface area contributed by atoms with Gasteiger partial charge in [0.05, 0.1) is 18.2 Å². The van der Waals surface area contributed by atoms with Crippen molar-refractivity contribution >= 4 is 12.0 Å². The summed E-state index contributed by atoms with van der Waals surface area (Å²) in [4.78, 5) is 29.0. The van der Waals surface area contributed by atoms with Gasteiger partial charge in [0.1, 0.15) is 0 Å². The average Bonchev–Trinajstić information content (AvgIpc) is 2.65. The van der Waals surface area contributed by atoms with E-state index in [-0.39, 0.29) is 18.6 Å². The third kappa shape index (κ3) is 4.69. The van der Waals surface area contributed by atoms with E-state index in [1.807, 2.05) is 38.2 Å². The molecule has 6 nitrogen and oxygen atoms in total. The first-order chi connectivity index (χ1) is 12.8. The van der Waals surface area contributed by atoms with E-state index < -0.39 is 6.04 Å². The van der Waals surface area contributed by atoms with E-state index >= 15 is 0 Å². The van der Waals surface area contributed by atoms with Gasteiger partial charge in [-0.2, -0.15) is 0 Å². The number of nitrogens with zero attached hydrogens (tertiary/aromatic N) is 2. The number of urea groups is 1. The van der Waals surface area contributed by atoms with Crippen LogP contribution >= 0.6 is 0 Å². The third-order valence-corrected chi connectivity index (χ3v) is 4.97.